The Hall–Kier alpha value is -1.64. The van der Waals surface area contributed by atoms with Crippen LogP contribution in [-0.4, -0.2) is 46.8 Å². The molecule has 0 aromatic carbocycles. The first-order valence-electron chi connectivity index (χ1n) is 8.34. The van der Waals surface area contributed by atoms with Gasteiger partial charge in [-0.3, -0.25) is 4.79 Å². The maximum Gasteiger partial charge on any atom is 0.401 e. The summed E-state index contributed by atoms with van der Waals surface area (Å²) in [7, 11) is 0. The molecule has 0 spiro atoms. The highest BCUT2D eigenvalue weighted by Crippen LogP contribution is 2.37. The first-order chi connectivity index (χ1) is 11.4. The summed E-state index contributed by atoms with van der Waals surface area (Å²) >= 11 is 0. The number of nitrogens with zero attached hydrogens (tertiary/aromatic N) is 3. The molecule has 2 fully saturated rings. The number of alkyl halides is 3. The molecule has 1 aromatic heterocycles. The van der Waals surface area contributed by atoms with Gasteiger partial charge in [-0.1, -0.05) is 6.42 Å². The van der Waals surface area contributed by atoms with E-state index in [4.69, 9.17) is 4.42 Å². The van der Waals surface area contributed by atoms with E-state index in [1.807, 2.05) is 0 Å². The van der Waals surface area contributed by atoms with E-state index < -0.39 is 12.7 Å². The van der Waals surface area contributed by atoms with Crippen molar-refractivity contribution < 1.29 is 22.4 Å². The van der Waals surface area contributed by atoms with E-state index in [9.17, 15) is 18.0 Å². The summed E-state index contributed by atoms with van der Waals surface area (Å²) in [5.74, 6) is 0.963. The number of halogens is 3. The third kappa shape index (κ3) is 4.06. The Kier molecular flexibility index (Phi) is 5.07. The Balaban J connectivity index is 1.62. The van der Waals surface area contributed by atoms with Crippen molar-refractivity contribution in [2.24, 2.45) is 0 Å². The van der Waals surface area contributed by atoms with Crippen LogP contribution in [0.1, 0.15) is 62.3 Å². The highest BCUT2D eigenvalue weighted by molar-refractivity contribution is 5.78. The molecule has 24 heavy (non-hydrogen) atoms. The average molecular weight is 346 g/mol. The summed E-state index contributed by atoms with van der Waals surface area (Å²) < 4.78 is 42.3. The minimum atomic E-state index is -4.33. The first-order valence-corrected chi connectivity index (χ1v) is 8.34. The normalized spacial score (nSPS) is 22.5. The molecule has 1 amide bonds. The van der Waals surface area contributed by atoms with E-state index >= 15 is 0 Å². The van der Waals surface area contributed by atoms with Crippen LogP contribution in [0.2, 0.25) is 0 Å². The molecule has 1 unspecified atom stereocenters. The minimum absolute atomic E-state index is 0.312. The lowest BCUT2D eigenvalue weighted by Crippen LogP contribution is -2.44. The summed E-state index contributed by atoms with van der Waals surface area (Å²) in [6.07, 6.45) is 1.34. The van der Waals surface area contributed by atoms with Crippen molar-refractivity contribution in [1.82, 2.24) is 20.4 Å². The van der Waals surface area contributed by atoms with Crippen molar-refractivity contribution in [3.8, 4) is 0 Å². The van der Waals surface area contributed by atoms with E-state index in [1.165, 1.54) is 0 Å². The number of hydrogen-bond acceptors (Lipinski definition) is 5. The Bertz CT molecular complexity index is 571. The van der Waals surface area contributed by atoms with Crippen molar-refractivity contribution in [2.75, 3.05) is 19.6 Å². The van der Waals surface area contributed by atoms with Crippen molar-refractivity contribution in [3.05, 3.63) is 11.8 Å². The number of amides is 1. The Morgan fingerprint density at radius 3 is 2.58 bits per heavy atom. The largest absolute Gasteiger partial charge is 0.423 e. The van der Waals surface area contributed by atoms with Gasteiger partial charge in [0.2, 0.25) is 17.7 Å². The summed E-state index contributed by atoms with van der Waals surface area (Å²) in [4.78, 5) is 13.8. The molecule has 134 valence electrons. The van der Waals surface area contributed by atoms with E-state index in [2.05, 4.69) is 15.5 Å². The van der Waals surface area contributed by atoms with Crippen LogP contribution in [0.3, 0.4) is 0 Å². The van der Waals surface area contributed by atoms with Crippen LogP contribution in [0.25, 0.3) is 0 Å². The van der Waals surface area contributed by atoms with Crippen LogP contribution >= 0.6 is 0 Å². The standard InChI is InChI=1S/C15H21F3N4O2/c16-15(17,18)9-19-8-12(23)22-7-2-1-6-11(22)14-21-20-13(24-14)10-4-3-5-10/h10-11,19H,1-9H2. The number of piperidine rings is 1. The molecule has 0 bridgehead atoms. The van der Waals surface area contributed by atoms with Gasteiger partial charge in [0.15, 0.2) is 0 Å². The fourth-order valence-electron chi connectivity index (χ4n) is 3.10. The first kappa shape index (κ1) is 17.2. The molecule has 1 aliphatic heterocycles. The number of aromatic nitrogens is 2. The fraction of sp³-hybridized carbons (Fsp3) is 0.800. The van der Waals surface area contributed by atoms with Crippen LogP contribution in [-0.2, 0) is 4.79 Å². The Labute approximate surface area is 137 Å². The molecule has 0 radical (unpaired) electrons. The van der Waals surface area contributed by atoms with Gasteiger partial charge >= 0.3 is 6.18 Å². The SMILES string of the molecule is O=C(CNCC(F)(F)F)N1CCCCC1c1nnc(C2CCC2)o1. The van der Waals surface area contributed by atoms with Gasteiger partial charge < -0.3 is 14.6 Å². The second-order valence-electron chi connectivity index (χ2n) is 6.42. The zero-order valence-electron chi connectivity index (χ0n) is 13.3. The van der Waals surface area contributed by atoms with Gasteiger partial charge in [-0.25, -0.2) is 0 Å². The van der Waals surface area contributed by atoms with Gasteiger partial charge in [-0.2, -0.15) is 13.2 Å². The number of nitrogens with one attached hydrogen (secondary N) is 1. The highest BCUT2D eigenvalue weighted by Gasteiger charge is 2.34. The van der Waals surface area contributed by atoms with E-state index in [0.717, 1.165) is 32.1 Å². The van der Waals surface area contributed by atoms with Gasteiger partial charge in [0.05, 0.1) is 13.1 Å². The summed E-state index contributed by atoms with van der Waals surface area (Å²) in [6, 6.07) is -0.333. The van der Waals surface area contributed by atoms with Gasteiger partial charge in [-0.05, 0) is 32.1 Å². The second-order valence-corrected chi connectivity index (χ2v) is 6.42. The zero-order chi connectivity index (χ0) is 17.2. The quantitative estimate of drug-likeness (QED) is 0.887. The van der Waals surface area contributed by atoms with Crippen molar-refractivity contribution in [1.29, 1.82) is 0 Å². The predicted octanol–water partition coefficient (Wildman–Crippen LogP) is 2.54. The minimum Gasteiger partial charge on any atom is -0.423 e. The van der Waals surface area contributed by atoms with E-state index in [-0.39, 0.29) is 18.5 Å². The molecule has 1 saturated carbocycles. The number of carbonyl (C=O) groups is 1. The number of rotatable bonds is 5. The molecule has 6 nitrogen and oxygen atoms in total. The topological polar surface area (TPSA) is 71.3 Å². The predicted molar refractivity (Wildman–Crippen MR) is 78.1 cm³/mol. The molecule has 2 heterocycles. The second kappa shape index (κ2) is 7.08. The number of hydrogen-bond donors (Lipinski definition) is 1. The van der Waals surface area contributed by atoms with Crippen LogP contribution in [0, 0.1) is 0 Å². The molecule has 1 aliphatic carbocycles. The third-order valence-corrected chi connectivity index (χ3v) is 4.62. The molecule has 1 N–H and O–H groups in total. The lowest BCUT2D eigenvalue weighted by atomic mass is 9.85. The summed E-state index contributed by atoms with van der Waals surface area (Å²) in [5.41, 5.74) is 0. The molecule has 3 rings (SSSR count). The molecular formula is C15H21F3N4O2. The van der Waals surface area contributed by atoms with Crippen LogP contribution in [0.15, 0.2) is 4.42 Å². The van der Waals surface area contributed by atoms with E-state index in [0.29, 0.717) is 30.7 Å². The molecular weight excluding hydrogens is 325 g/mol. The van der Waals surface area contributed by atoms with Gasteiger partial charge in [0, 0.05) is 12.5 Å². The Morgan fingerprint density at radius 1 is 1.17 bits per heavy atom. The monoisotopic (exact) mass is 346 g/mol. The van der Waals surface area contributed by atoms with Crippen LogP contribution in [0.4, 0.5) is 13.2 Å². The molecule has 1 atom stereocenters. The van der Waals surface area contributed by atoms with Crippen molar-refractivity contribution in [2.45, 2.75) is 56.7 Å². The highest BCUT2D eigenvalue weighted by atomic mass is 19.4. The fourth-order valence-corrected chi connectivity index (χ4v) is 3.10. The number of likely N-dealkylation sites (tertiary alicyclic amines) is 1. The van der Waals surface area contributed by atoms with Crippen LogP contribution in [0.5, 0.6) is 0 Å². The third-order valence-electron chi connectivity index (χ3n) is 4.62. The lowest BCUT2D eigenvalue weighted by Gasteiger charge is -2.33. The average Bonchev–Trinajstić information content (AvgIpc) is 2.93. The molecule has 1 aromatic rings. The van der Waals surface area contributed by atoms with Gasteiger partial charge in [0.1, 0.15) is 6.04 Å². The summed E-state index contributed by atoms with van der Waals surface area (Å²) in [6.45, 7) is -1.03. The maximum atomic E-state index is 12.3. The number of carbonyl (C=O) groups excluding carboxylic acids is 1. The van der Waals surface area contributed by atoms with E-state index in [1.54, 1.807) is 4.90 Å². The lowest BCUT2D eigenvalue weighted by molar-refractivity contribution is -0.137. The van der Waals surface area contributed by atoms with Crippen molar-refractivity contribution in [3.63, 3.8) is 0 Å². The van der Waals surface area contributed by atoms with Gasteiger partial charge in [0.25, 0.3) is 0 Å². The molecule has 1 saturated heterocycles. The zero-order valence-corrected chi connectivity index (χ0v) is 13.3. The molecule has 2 aliphatic rings. The maximum absolute atomic E-state index is 12.3. The smallest absolute Gasteiger partial charge is 0.401 e. The Morgan fingerprint density at radius 2 is 1.92 bits per heavy atom. The summed E-state index contributed by atoms with van der Waals surface area (Å²) in [5, 5.41) is 10.3. The van der Waals surface area contributed by atoms with Crippen LogP contribution < -0.4 is 5.32 Å². The molecule has 9 heteroatoms. The van der Waals surface area contributed by atoms with Crippen molar-refractivity contribution >= 4 is 5.91 Å². The van der Waals surface area contributed by atoms with Gasteiger partial charge in [-0.15, -0.1) is 10.2 Å².